The van der Waals surface area contributed by atoms with E-state index in [1.54, 1.807) is 0 Å². The summed E-state index contributed by atoms with van der Waals surface area (Å²) >= 11 is 0. The van der Waals surface area contributed by atoms with Gasteiger partial charge in [-0.05, 0) is 26.7 Å². The van der Waals surface area contributed by atoms with Gasteiger partial charge in [0.05, 0.1) is 11.4 Å². The second kappa shape index (κ2) is 5.97. The monoisotopic (exact) mass is 204 g/mol. The molecule has 1 heterocycles. The van der Waals surface area contributed by atoms with Crippen LogP contribution in [-0.4, -0.2) is 21.7 Å². The summed E-state index contributed by atoms with van der Waals surface area (Å²) < 4.78 is 0. The van der Waals surface area contributed by atoms with Crippen LogP contribution in [0.25, 0.3) is 0 Å². The molecule has 4 nitrogen and oxygen atoms in total. The van der Waals surface area contributed by atoms with Crippen LogP contribution in [0.2, 0.25) is 0 Å². The molecule has 0 aromatic carbocycles. The maximum Gasteiger partial charge on any atom is 0.242 e. The first-order valence-electron chi connectivity index (χ1n) is 5.09. The van der Waals surface area contributed by atoms with E-state index in [2.05, 4.69) is 26.4 Å². The number of hydrogen-bond donors (Lipinski definition) is 1. The second-order valence-electron chi connectivity index (χ2n) is 3.39. The molecule has 0 bridgehead atoms. The lowest BCUT2D eigenvalue weighted by atomic mass is 10.2. The van der Waals surface area contributed by atoms with E-state index in [-0.39, 0.29) is 0 Å². The zero-order chi connectivity index (χ0) is 11.1. The Morgan fingerprint density at radius 1 is 1.20 bits per heavy atom. The third kappa shape index (κ3) is 3.94. The minimum Gasteiger partial charge on any atom is -0.353 e. The summed E-state index contributed by atoms with van der Waals surface area (Å²) in [5.74, 6) is 3.21. The van der Waals surface area contributed by atoms with E-state index in [4.69, 9.17) is 6.42 Å². The lowest BCUT2D eigenvalue weighted by Crippen LogP contribution is -2.08. The third-order valence-corrected chi connectivity index (χ3v) is 2.12. The normalized spacial score (nSPS) is 9.67. The van der Waals surface area contributed by atoms with Crippen LogP contribution in [0.3, 0.4) is 0 Å². The lowest BCUT2D eigenvalue weighted by molar-refractivity contribution is 0.777. The molecule has 1 aromatic heterocycles. The quantitative estimate of drug-likeness (QED) is 0.586. The summed E-state index contributed by atoms with van der Waals surface area (Å²) in [4.78, 5) is 4.27. The highest BCUT2D eigenvalue weighted by atomic mass is 15.2. The van der Waals surface area contributed by atoms with Crippen molar-refractivity contribution in [3.05, 3.63) is 11.4 Å². The predicted molar refractivity (Wildman–Crippen MR) is 60.5 cm³/mol. The van der Waals surface area contributed by atoms with Crippen molar-refractivity contribution in [3.63, 3.8) is 0 Å². The molecule has 0 atom stereocenters. The lowest BCUT2D eigenvalue weighted by Gasteiger charge is -2.04. The Bertz CT molecular complexity index is 354. The summed E-state index contributed by atoms with van der Waals surface area (Å²) in [5.41, 5.74) is 1.78. The van der Waals surface area contributed by atoms with Gasteiger partial charge in [-0.3, -0.25) is 0 Å². The molecule has 1 N–H and O–H groups in total. The fraction of sp³-hybridized carbons (Fsp3) is 0.545. The largest absolute Gasteiger partial charge is 0.353 e. The van der Waals surface area contributed by atoms with Crippen LogP contribution in [0.15, 0.2) is 0 Å². The predicted octanol–water partition coefficient (Wildman–Crippen LogP) is 1.70. The van der Waals surface area contributed by atoms with Crippen LogP contribution in [0, 0.1) is 26.2 Å². The first-order valence-corrected chi connectivity index (χ1v) is 5.09. The van der Waals surface area contributed by atoms with Gasteiger partial charge in [0.2, 0.25) is 5.95 Å². The molecule has 0 amide bonds. The van der Waals surface area contributed by atoms with Crippen molar-refractivity contribution >= 4 is 5.95 Å². The number of terminal acetylenes is 1. The maximum absolute atomic E-state index is 5.15. The number of anilines is 1. The van der Waals surface area contributed by atoms with Gasteiger partial charge < -0.3 is 5.32 Å². The van der Waals surface area contributed by atoms with Gasteiger partial charge in [0.25, 0.3) is 0 Å². The number of aryl methyl sites for hydroxylation is 2. The van der Waals surface area contributed by atoms with E-state index < -0.39 is 0 Å². The molecule has 0 saturated carbocycles. The van der Waals surface area contributed by atoms with E-state index in [0.29, 0.717) is 5.95 Å². The average molecular weight is 204 g/mol. The molecule has 0 saturated heterocycles. The number of unbranched alkanes of at least 4 members (excludes halogenated alkanes) is 2. The highest BCUT2D eigenvalue weighted by Crippen LogP contribution is 2.02. The Kier molecular flexibility index (Phi) is 4.55. The molecule has 1 aromatic rings. The van der Waals surface area contributed by atoms with Crippen molar-refractivity contribution in [2.45, 2.75) is 33.1 Å². The van der Waals surface area contributed by atoms with Crippen molar-refractivity contribution < 1.29 is 0 Å². The molecule has 0 spiro atoms. The average Bonchev–Trinajstić information content (AvgIpc) is 2.23. The highest BCUT2D eigenvalue weighted by molar-refractivity contribution is 5.24. The minimum atomic E-state index is 0.596. The Labute approximate surface area is 90.5 Å². The summed E-state index contributed by atoms with van der Waals surface area (Å²) in [7, 11) is 0. The molecule has 0 radical (unpaired) electrons. The fourth-order valence-corrected chi connectivity index (χ4v) is 1.08. The van der Waals surface area contributed by atoms with Gasteiger partial charge in [0, 0.05) is 13.0 Å². The molecule has 0 aliphatic rings. The smallest absolute Gasteiger partial charge is 0.242 e. The number of rotatable bonds is 5. The van der Waals surface area contributed by atoms with E-state index >= 15 is 0 Å². The Morgan fingerprint density at radius 2 is 2.00 bits per heavy atom. The van der Waals surface area contributed by atoms with Crippen molar-refractivity contribution in [3.8, 4) is 12.3 Å². The van der Waals surface area contributed by atoms with E-state index in [1.807, 2.05) is 13.8 Å². The molecule has 0 aliphatic carbocycles. The first-order chi connectivity index (χ1) is 7.24. The number of nitrogens with one attached hydrogen (secondary N) is 1. The number of nitrogens with zero attached hydrogens (tertiary/aromatic N) is 3. The van der Waals surface area contributed by atoms with Crippen molar-refractivity contribution in [2.75, 3.05) is 11.9 Å². The first kappa shape index (κ1) is 11.4. The van der Waals surface area contributed by atoms with Gasteiger partial charge in [0.15, 0.2) is 0 Å². The summed E-state index contributed by atoms with van der Waals surface area (Å²) in [5, 5.41) is 11.0. The molecule has 80 valence electrons. The SMILES string of the molecule is C#CCCCCNc1nnc(C)c(C)n1. The van der Waals surface area contributed by atoms with Gasteiger partial charge in [-0.1, -0.05) is 0 Å². The van der Waals surface area contributed by atoms with Crippen LogP contribution in [0.1, 0.15) is 30.7 Å². The van der Waals surface area contributed by atoms with Gasteiger partial charge >= 0.3 is 0 Å². The van der Waals surface area contributed by atoms with Crippen molar-refractivity contribution in [1.82, 2.24) is 15.2 Å². The van der Waals surface area contributed by atoms with Gasteiger partial charge in [-0.25, -0.2) is 4.98 Å². The van der Waals surface area contributed by atoms with Crippen molar-refractivity contribution in [1.29, 1.82) is 0 Å². The summed E-state index contributed by atoms with van der Waals surface area (Å²) in [6.07, 6.45) is 8.04. The minimum absolute atomic E-state index is 0.596. The standard InChI is InChI=1S/C11H16N4/c1-4-5-6-7-8-12-11-13-9(2)10(3)14-15-11/h1H,5-8H2,2-3H3,(H,12,13,15). The topological polar surface area (TPSA) is 50.7 Å². The molecule has 0 aliphatic heterocycles. The van der Waals surface area contributed by atoms with E-state index in [0.717, 1.165) is 37.2 Å². The molecule has 1 rings (SSSR count). The zero-order valence-corrected chi connectivity index (χ0v) is 9.25. The van der Waals surface area contributed by atoms with Crippen LogP contribution in [-0.2, 0) is 0 Å². The molecule has 15 heavy (non-hydrogen) atoms. The van der Waals surface area contributed by atoms with Crippen LogP contribution >= 0.6 is 0 Å². The number of aromatic nitrogens is 3. The molecule has 0 fully saturated rings. The second-order valence-corrected chi connectivity index (χ2v) is 3.39. The maximum atomic E-state index is 5.15. The fourth-order valence-electron chi connectivity index (χ4n) is 1.08. The Hall–Kier alpha value is -1.63. The van der Waals surface area contributed by atoms with Crippen LogP contribution in [0.4, 0.5) is 5.95 Å². The van der Waals surface area contributed by atoms with Crippen LogP contribution < -0.4 is 5.32 Å². The van der Waals surface area contributed by atoms with Gasteiger partial charge in [-0.15, -0.1) is 17.4 Å². The van der Waals surface area contributed by atoms with Crippen molar-refractivity contribution in [2.24, 2.45) is 0 Å². The molecule has 4 heteroatoms. The van der Waals surface area contributed by atoms with Gasteiger partial charge in [-0.2, -0.15) is 5.10 Å². The summed E-state index contributed by atoms with van der Waals surface area (Å²) in [6, 6.07) is 0. The number of hydrogen-bond acceptors (Lipinski definition) is 4. The zero-order valence-electron chi connectivity index (χ0n) is 9.25. The van der Waals surface area contributed by atoms with Gasteiger partial charge in [0.1, 0.15) is 0 Å². The van der Waals surface area contributed by atoms with Crippen LogP contribution in [0.5, 0.6) is 0 Å². The highest BCUT2D eigenvalue weighted by Gasteiger charge is 1.99. The van der Waals surface area contributed by atoms with E-state index in [9.17, 15) is 0 Å². The van der Waals surface area contributed by atoms with E-state index in [1.165, 1.54) is 0 Å². The molecule has 0 unspecified atom stereocenters. The third-order valence-electron chi connectivity index (χ3n) is 2.12. The molecular weight excluding hydrogens is 188 g/mol. The molecular formula is C11H16N4. The Balaban J connectivity index is 2.32. The Morgan fingerprint density at radius 3 is 2.67 bits per heavy atom. The summed E-state index contributed by atoms with van der Waals surface area (Å²) in [6.45, 7) is 4.66.